The number of amides is 1. The lowest BCUT2D eigenvalue weighted by molar-refractivity contribution is -0.0228. The van der Waals surface area contributed by atoms with E-state index in [1.54, 1.807) is 6.20 Å². The molecule has 1 atom stereocenters. The van der Waals surface area contributed by atoms with Crippen LogP contribution in [0.5, 0.6) is 0 Å². The van der Waals surface area contributed by atoms with Gasteiger partial charge in [-0.25, -0.2) is 4.98 Å². The van der Waals surface area contributed by atoms with Crippen molar-refractivity contribution in [3.05, 3.63) is 59.8 Å². The van der Waals surface area contributed by atoms with Crippen molar-refractivity contribution in [2.45, 2.75) is 18.9 Å². The molecule has 1 aromatic heterocycles. The maximum absolute atomic E-state index is 13.2. The lowest BCUT2D eigenvalue weighted by atomic mass is 10.1. The number of pyridine rings is 1. The van der Waals surface area contributed by atoms with Crippen molar-refractivity contribution in [3.8, 4) is 0 Å². The van der Waals surface area contributed by atoms with E-state index in [1.165, 1.54) is 0 Å². The van der Waals surface area contributed by atoms with Gasteiger partial charge in [0.25, 0.3) is 5.91 Å². The summed E-state index contributed by atoms with van der Waals surface area (Å²) < 4.78 is 5.89. The van der Waals surface area contributed by atoms with Gasteiger partial charge in [-0.3, -0.25) is 4.79 Å². The summed E-state index contributed by atoms with van der Waals surface area (Å²) >= 11 is 0. The van der Waals surface area contributed by atoms with Gasteiger partial charge in [-0.15, -0.1) is 0 Å². The number of morpholine rings is 1. The highest BCUT2D eigenvalue weighted by atomic mass is 16.5. The van der Waals surface area contributed by atoms with Crippen molar-refractivity contribution in [3.63, 3.8) is 0 Å². The Morgan fingerprint density at radius 2 is 1.84 bits per heavy atom. The number of nitrogens with zero attached hydrogens (tertiary/aromatic N) is 3. The molecule has 0 unspecified atom stereocenters. The van der Waals surface area contributed by atoms with E-state index >= 15 is 0 Å². The van der Waals surface area contributed by atoms with Crippen molar-refractivity contribution < 1.29 is 9.53 Å². The van der Waals surface area contributed by atoms with Crippen molar-refractivity contribution in [1.82, 2.24) is 9.88 Å². The fourth-order valence-corrected chi connectivity index (χ4v) is 3.62. The summed E-state index contributed by atoms with van der Waals surface area (Å²) in [5, 5.41) is 0. The summed E-state index contributed by atoms with van der Waals surface area (Å²) in [5.41, 5.74) is 1.82. The molecule has 130 valence electrons. The quantitative estimate of drug-likeness (QED) is 0.864. The van der Waals surface area contributed by atoms with E-state index in [9.17, 15) is 4.79 Å². The summed E-state index contributed by atoms with van der Waals surface area (Å²) in [5.74, 6) is 0.881. The Kier molecular flexibility index (Phi) is 4.65. The number of ether oxygens (including phenoxy) is 1. The predicted octanol–water partition coefficient (Wildman–Crippen LogP) is 2.90. The van der Waals surface area contributed by atoms with Crippen LogP contribution < -0.4 is 4.90 Å². The van der Waals surface area contributed by atoms with Gasteiger partial charge in [0.15, 0.2) is 0 Å². The minimum Gasteiger partial charge on any atom is -0.370 e. The molecule has 3 heterocycles. The van der Waals surface area contributed by atoms with E-state index in [4.69, 9.17) is 4.74 Å². The minimum absolute atomic E-state index is 0.0548. The highest BCUT2D eigenvalue weighted by Gasteiger charge is 2.29. The fraction of sp³-hybridized carbons (Fsp3) is 0.400. The number of carbonyl (C=O) groups excluding carboxylic acids is 1. The third kappa shape index (κ3) is 3.37. The first-order valence-corrected chi connectivity index (χ1v) is 8.99. The molecule has 0 aliphatic carbocycles. The molecule has 2 aliphatic rings. The van der Waals surface area contributed by atoms with Crippen LogP contribution in [-0.2, 0) is 4.74 Å². The Balaban J connectivity index is 1.55. The number of hydrogen-bond acceptors (Lipinski definition) is 4. The number of anilines is 1. The summed E-state index contributed by atoms with van der Waals surface area (Å²) in [6.07, 6.45) is 4.04. The normalized spacial score (nSPS) is 20.7. The highest BCUT2D eigenvalue weighted by molar-refractivity contribution is 5.99. The van der Waals surface area contributed by atoms with Gasteiger partial charge in [-0.1, -0.05) is 30.3 Å². The van der Waals surface area contributed by atoms with E-state index in [0.29, 0.717) is 25.3 Å². The molecule has 1 aromatic carbocycles. The van der Waals surface area contributed by atoms with Gasteiger partial charge in [0.1, 0.15) is 11.9 Å². The van der Waals surface area contributed by atoms with E-state index in [2.05, 4.69) is 22.0 Å². The molecular weight excluding hydrogens is 314 g/mol. The van der Waals surface area contributed by atoms with E-state index in [1.807, 2.05) is 35.2 Å². The largest absolute Gasteiger partial charge is 0.370 e. The average Bonchev–Trinajstić information content (AvgIpc) is 3.23. The van der Waals surface area contributed by atoms with Gasteiger partial charge >= 0.3 is 0 Å². The Labute approximate surface area is 148 Å². The first-order chi connectivity index (χ1) is 12.3. The molecule has 5 nitrogen and oxygen atoms in total. The molecule has 0 radical (unpaired) electrons. The molecule has 2 aromatic rings. The van der Waals surface area contributed by atoms with Crippen LogP contribution in [0.2, 0.25) is 0 Å². The van der Waals surface area contributed by atoms with Gasteiger partial charge in [-0.05, 0) is 30.5 Å². The molecule has 0 spiro atoms. The Bertz CT molecular complexity index is 729. The molecule has 2 saturated heterocycles. The zero-order chi connectivity index (χ0) is 17.1. The molecule has 4 rings (SSSR count). The average molecular weight is 337 g/mol. The van der Waals surface area contributed by atoms with Gasteiger partial charge in [0.2, 0.25) is 0 Å². The number of carbonyl (C=O) groups is 1. The zero-order valence-corrected chi connectivity index (χ0v) is 14.3. The summed E-state index contributed by atoms with van der Waals surface area (Å²) in [4.78, 5) is 21.8. The number of benzene rings is 1. The van der Waals surface area contributed by atoms with Gasteiger partial charge in [0.05, 0.1) is 18.7 Å². The van der Waals surface area contributed by atoms with Crippen molar-refractivity contribution in [2.24, 2.45) is 0 Å². The van der Waals surface area contributed by atoms with Crippen LogP contribution in [0.3, 0.4) is 0 Å². The van der Waals surface area contributed by atoms with Crippen LogP contribution in [0.4, 0.5) is 5.82 Å². The van der Waals surface area contributed by atoms with Crippen LogP contribution >= 0.6 is 0 Å². The second kappa shape index (κ2) is 7.23. The second-order valence-corrected chi connectivity index (χ2v) is 6.59. The molecule has 0 N–H and O–H groups in total. The lowest BCUT2D eigenvalue weighted by Gasteiger charge is -2.34. The highest BCUT2D eigenvalue weighted by Crippen LogP contribution is 2.26. The number of hydrogen-bond donors (Lipinski definition) is 0. The van der Waals surface area contributed by atoms with Crippen LogP contribution in [0.15, 0.2) is 48.7 Å². The minimum atomic E-state index is -0.0641. The van der Waals surface area contributed by atoms with Crippen LogP contribution in [0, 0.1) is 0 Å². The van der Waals surface area contributed by atoms with Crippen molar-refractivity contribution >= 4 is 11.7 Å². The van der Waals surface area contributed by atoms with E-state index in [0.717, 1.165) is 37.3 Å². The molecule has 2 fully saturated rings. The predicted molar refractivity (Wildman–Crippen MR) is 96.7 cm³/mol. The Hall–Kier alpha value is -2.40. The van der Waals surface area contributed by atoms with Crippen LogP contribution in [-0.4, -0.2) is 48.6 Å². The summed E-state index contributed by atoms with van der Waals surface area (Å²) in [7, 11) is 0. The Morgan fingerprint density at radius 1 is 1.04 bits per heavy atom. The molecule has 25 heavy (non-hydrogen) atoms. The second-order valence-electron chi connectivity index (χ2n) is 6.59. The summed E-state index contributed by atoms with van der Waals surface area (Å²) in [6, 6.07) is 13.9. The molecule has 0 bridgehead atoms. The lowest BCUT2D eigenvalue weighted by Crippen LogP contribution is -2.42. The van der Waals surface area contributed by atoms with E-state index < -0.39 is 0 Å². The molecule has 1 amide bonds. The summed E-state index contributed by atoms with van der Waals surface area (Å²) in [6.45, 7) is 3.72. The Morgan fingerprint density at radius 3 is 2.64 bits per heavy atom. The zero-order valence-electron chi connectivity index (χ0n) is 14.3. The smallest absolute Gasteiger partial charge is 0.257 e. The van der Waals surface area contributed by atoms with Crippen molar-refractivity contribution in [2.75, 3.05) is 37.7 Å². The standard InChI is InChI=1S/C20H23N3O2/c24-20(17-9-6-10-21-19(17)22-11-4-5-12-22)23-13-14-25-18(15-23)16-7-2-1-3-8-16/h1-3,6-10,18H,4-5,11-15H2/t18-/m1/s1. The molecule has 0 saturated carbocycles. The molecule has 5 heteroatoms. The third-order valence-corrected chi connectivity index (χ3v) is 4.95. The van der Waals surface area contributed by atoms with Gasteiger partial charge < -0.3 is 14.5 Å². The first kappa shape index (κ1) is 16.1. The molecule has 2 aliphatic heterocycles. The third-order valence-electron chi connectivity index (χ3n) is 4.95. The van der Waals surface area contributed by atoms with Crippen LogP contribution in [0.1, 0.15) is 34.9 Å². The maximum atomic E-state index is 13.2. The van der Waals surface area contributed by atoms with Crippen LogP contribution in [0.25, 0.3) is 0 Å². The SMILES string of the molecule is O=C(c1cccnc1N1CCCC1)N1CCO[C@@H](c2ccccc2)C1. The fourth-order valence-electron chi connectivity index (χ4n) is 3.62. The number of rotatable bonds is 3. The topological polar surface area (TPSA) is 45.7 Å². The maximum Gasteiger partial charge on any atom is 0.257 e. The molecular formula is C20H23N3O2. The number of aromatic nitrogens is 1. The van der Waals surface area contributed by atoms with E-state index in [-0.39, 0.29) is 12.0 Å². The van der Waals surface area contributed by atoms with Crippen molar-refractivity contribution in [1.29, 1.82) is 0 Å². The monoisotopic (exact) mass is 337 g/mol. The van der Waals surface area contributed by atoms with Gasteiger partial charge in [0, 0.05) is 25.8 Å². The van der Waals surface area contributed by atoms with Gasteiger partial charge in [-0.2, -0.15) is 0 Å². The first-order valence-electron chi connectivity index (χ1n) is 8.99.